The van der Waals surface area contributed by atoms with Crippen LogP contribution >= 0.6 is 11.8 Å². The normalized spacial score (nSPS) is 12.6. The van der Waals surface area contributed by atoms with Crippen LogP contribution < -0.4 is 5.32 Å². The molecule has 102 valence electrons. The molecule has 0 saturated heterocycles. The van der Waals surface area contributed by atoms with Gasteiger partial charge >= 0.3 is 0 Å². The van der Waals surface area contributed by atoms with Gasteiger partial charge in [-0.1, -0.05) is 25.0 Å². The predicted molar refractivity (Wildman–Crippen MR) is 79.7 cm³/mol. The van der Waals surface area contributed by atoms with Gasteiger partial charge in [-0.2, -0.15) is 11.8 Å². The molecule has 0 bridgehead atoms. The van der Waals surface area contributed by atoms with Crippen molar-refractivity contribution in [3.05, 3.63) is 35.6 Å². The summed E-state index contributed by atoms with van der Waals surface area (Å²) in [6, 6.07) is 7.06. The third-order valence-electron chi connectivity index (χ3n) is 3.07. The summed E-state index contributed by atoms with van der Waals surface area (Å²) in [6.45, 7) is 3.10. The first-order valence-electron chi connectivity index (χ1n) is 6.72. The van der Waals surface area contributed by atoms with Crippen molar-refractivity contribution in [2.24, 2.45) is 0 Å². The minimum absolute atomic E-state index is 0.154. The second-order valence-electron chi connectivity index (χ2n) is 4.64. The Labute approximate surface area is 115 Å². The molecule has 1 aromatic carbocycles. The average molecular weight is 269 g/mol. The molecule has 18 heavy (non-hydrogen) atoms. The molecule has 1 nitrogen and oxygen atoms in total. The van der Waals surface area contributed by atoms with Gasteiger partial charge in [-0.15, -0.1) is 0 Å². The van der Waals surface area contributed by atoms with Gasteiger partial charge in [0.05, 0.1) is 0 Å². The number of hydrogen-bond acceptors (Lipinski definition) is 2. The van der Waals surface area contributed by atoms with Crippen molar-refractivity contribution in [3.8, 4) is 0 Å². The molecular weight excluding hydrogens is 245 g/mol. The fourth-order valence-corrected chi connectivity index (χ4v) is 2.43. The van der Waals surface area contributed by atoms with Gasteiger partial charge in [0.15, 0.2) is 0 Å². The highest BCUT2D eigenvalue weighted by atomic mass is 32.2. The Balaban J connectivity index is 2.12. The van der Waals surface area contributed by atoms with Gasteiger partial charge in [-0.25, -0.2) is 4.39 Å². The van der Waals surface area contributed by atoms with Crippen molar-refractivity contribution in [3.63, 3.8) is 0 Å². The van der Waals surface area contributed by atoms with E-state index in [4.69, 9.17) is 0 Å². The molecule has 0 aliphatic carbocycles. The zero-order valence-electron chi connectivity index (χ0n) is 11.4. The van der Waals surface area contributed by atoms with E-state index in [1.54, 1.807) is 12.1 Å². The first-order valence-corrected chi connectivity index (χ1v) is 8.11. The summed E-state index contributed by atoms with van der Waals surface area (Å²) in [6.07, 6.45) is 7.27. The number of unbranched alkanes of at least 4 members (excludes halogenated alkanes) is 3. The molecule has 0 aliphatic heterocycles. The molecule has 0 amide bonds. The predicted octanol–water partition coefficient (Wildman–Crippen LogP) is 4.40. The average Bonchev–Trinajstić information content (AvgIpc) is 2.37. The quantitative estimate of drug-likeness (QED) is 0.667. The summed E-state index contributed by atoms with van der Waals surface area (Å²) in [5, 5.41) is 3.45. The van der Waals surface area contributed by atoms with Crippen LogP contribution in [0.4, 0.5) is 4.39 Å². The lowest BCUT2D eigenvalue weighted by atomic mass is 10.1. The molecular formula is C15H24FNS. The Morgan fingerprint density at radius 3 is 2.72 bits per heavy atom. The second-order valence-corrected chi connectivity index (χ2v) is 5.62. The highest BCUT2D eigenvalue weighted by molar-refractivity contribution is 7.98. The van der Waals surface area contributed by atoms with Crippen LogP contribution in [0, 0.1) is 5.82 Å². The van der Waals surface area contributed by atoms with Crippen LogP contribution in [0.5, 0.6) is 0 Å². The Hall–Kier alpha value is -0.540. The smallest absolute Gasteiger partial charge is 0.123 e. The Bertz CT molecular complexity index is 330. The van der Waals surface area contributed by atoms with Gasteiger partial charge in [0, 0.05) is 6.04 Å². The van der Waals surface area contributed by atoms with Crippen molar-refractivity contribution in [1.29, 1.82) is 0 Å². The fraction of sp³-hybridized carbons (Fsp3) is 0.600. The molecule has 0 aliphatic rings. The molecule has 0 aromatic heterocycles. The number of halogens is 1. The van der Waals surface area contributed by atoms with E-state index in [1.807, 2.05) is 17.8 Å². The molecule has 0 spiro atoms. The van der Waals surface area contributed by atoms with E-state index in [9.17, 15) is 4.39 Å². The zero-order chi connectivity index (χ0) is 13.2. The van der Waals surface area contributed by atoms with Gasteiger partial charge in [0.1, 0.15) is 5.82 Å². The summed E-state index contributed by atoms with van der Waals surface area (Å²) in [5.74, 6) is 1.12. The number of hydrogen-bond donors (Lipinski definition) is 1. The SMILES string of the molecule is CSCCCCCCNC(C)c1cccc(F)c1. The van der Waals surface area contributed by atoms with E-state index in [0.717, 1.165) is 12.1 Å². The highest BCUT2D eigenvalue weighted by Crippen LogP contribution is 2.13. The molecule has 0 saturated carbocycles. The summed E-state index contributed by atoms with van der Waals surface area (Å²) >= 11 is 1.92. The van der Waals surface area contributed by atoms with Crippen LogP contribution in [-0.2, 0) is 0 Å². The molecule has 3 heteroatoms. The molecule has 1 unspecified atom stereocenters. The Morgan fingerprint density at radius 1 is 1.22 bits per heavy atom. The lowest BCUT2D eigenvalue weighted by Gasteiger charge is -2.14. The number of thioether (sulfide) groups is 1. The summed E-state index contributed by atoms with van der Waals surface area (Å²) in [7, 11) is 0. The molecule has 1 N–H and O–H groups in total. The van der Waals surface area contributed by atoms with Crippen molar-refractivity contribution in [2.75, 3.05) is 18.6 Å². The van der Waals surface area contributed by atoms with Gasteiger partial charge in [0.2, 0.25) is 0 Å². The van der Waals surface area contributed by atoms with Crippen LogP contribution in [-0.4, -0.2) is 18.6 Å². The lowest BCUT2D eigenvalue weighted by molar-refractivity contribution is 0.533. The van der Waals surface area contributed by atoms with Crippen molar-refractivity contribution >= 4 is 11.8 Å². The Kier molecular flexibility index (Phi) is 8.10. The topological polar surface area (TPSA) is 12.0 Å². The van der Waals surface area contributed by atoms with Gasteiger partial charge in [-0.05, 0) is 56.0 Å². The van der Waals surface area contributed by atoms with Crippen molar-refractivity contribution in [2.45, 2.75) is 38.6 Å². The van der Waals surface area contributed by atoms with Crippen molar-refractivity contribution < 1.29 is 4.39 Å². The highest BCUT2D eigenvalue weighted by Gasteiger charge is 2.04. The maximum Gasteiger partial charge on any atom is 0.123 e. The largest absolute Gasteiger partial charge is 0.310 e. The van der Waals surface area contributed by atoms with Gasteiger partial charge in [0.25, 0.3) is 0 Å². The molecule has 1 aromatic rings. The van der Waals surface area contributed by atoms with Gasteiger partial charge < -0.3 is 5.32 Å². The monoisotopic (exact) mass is 269 g/mol. The van der Waals surface area contributed by atoms with Gasteiger partial charge in [-0.3, -0.25) is 0 Å². The molecule has 0 radical (unpaired) electrons. The minimum atomic E-state index is -0.154. The maximum atomic E-state index is 13.1. The summed E-state index contributed by atoms with van der Waals surface area (Å²) in [4.78, 5) is 0. The van der Waals surface area contributed by atoms with Crippen LogP contribution in [0.15, 0.2) is 24.3 Å². The molecule has 1 atom stereocenters. The molecule has 0 fully saturated rings. The standard InChI is InChI=1S/C15H24FNS/c1-13(14-8-7-9-15(16)12-14)17-10-5-3-4-6-11-18-2/h7-9,12-13,17H,3-6,10-11H2,1-2H3. The first-order chi connectivity index (χ1) is 8.74. The van der Waals surface area contributed by atoms with Crippen LogP contribution in [0.2, 0.25) is 0 Å². The first kappa shape index (κ1) is 15.5. The minimum Gasteiger partial charge on any atom is -0.310 e. The lowest BCUT2D eigenvalue weighted by Crippen LogP contribution is -2.19. The maximum absolute atomic E-state index is 13.1. The van der Waals surface area contributed by atoms with E-state index in [1.165, 1.54) is 37.5 Å². The summed E-state index contributed by atoms with van der Waals surface area (Å²) < 4.78 is 13.1. The number of rotatable bonds is 9. The third kappa shape index (κ3) is 6.41. The molecule has 0 heterocycles. The third-order valence-corrected chi connectivity index (χ3v) is 3.77. The zero-order valence-corrected chi connectivity index (χ0v) is 12.2. The van der Waals surface area contributed by atoms with Crippen molar-refractivity contribution in [1.82, 2.24) is 5.32 Å². The Morgan fingerprint density at radius 2 is 2.00 bits per heavy atom. The number of benzene rings is 1. The van der Waals surface area contributed by atoms with E-state index in [2.05, 4.69) is 18.5 Å². The van der Waals surface area contributed by atoms with E-state index in [-0.39, 0.29) is 11.9 Å². The van der Waals surface area contributed by atoms with E-state index < -0.39 is 0 Å². The van der Waals surface area contributed by atoms with E-state index >= 15 is 0 Å². The number of nitrogens with one attached hydrogen (secondary N) is 1. The fourth-order valence-electron chi connectivity index (χ4n) is 1.94. The van der Waals surface area contributed by atoms with Crippen LogP contribution in [0.3, 0.4) is 0 Å². The van der Waals surface area contributed by atoms with Crippen LogP contribution in [0.1, 0.15) is 44.2 Å². The van der Waals surface area contributed by atoms with Crippen LogP contribution in [0.25, 0.3) is 0 Å². The summed E-state index contributed by atoms with van der Waals surface area (Å²) in [5.41, 5.74) is 1.03. The molecule has 1 rings (SSSR count). The second kappa shape index (κ2) is 9.40. The van der Waals surface area contributed by atoms with E-state index in [0.29, 0.717) is 0 Å².